The highest BCUT2D eigenvalue weighted by molar-refractivity contribution is 7.17. The minimum Gasteiger partial charge on any atom is -0.493 e. The van der Waals surface area contributed by atoms with Crippen molar-refractivity contribution in [1.82, 2.24) is 10.4 Å². The zero-order valence-electron chi connectivity index (χ0n) is 14.9. The van der Waals surface area contributed by atoms with Gasteiger partial charge >= 0.3 is 0 Å². The van der Waals surface area contributed by atoms with E-state index in [0.717, 1.165) is 29.1 Å². The average molecular weight is 380 g/mol. The van der Waals surface area contributed by atoms with Crippen molar-refractivity contribution in [2.45, 2.75) is 13.3 Å². The third kappa shape index (κ3) is 5.39. The topological polar surface area (TPSA) is 89.6 Å². The van der Waals surface area contributed by atoms with Crippen LogP contribution in [0.3, 0.4) is 0 Å². The molecule has 3 aromatic rings. The lowest BCUT2D eigenvalue weighted by atomic mass is 10.2. The number of aromatic nitrogens is 1. The van der Waals surface area contributed by atoms with Gasteiger partial charge in [0.15, 0.2) is 5.13 Å². The Hall–Kier alpha value is -3.19. The number of benzene rings is 2. The zero-order chi connectivity index (χ0) is 19.1. The summed E-state index contributed by atoms with van der Waals surface area (Å²) in [5, 5.41) is 4.36. The number of hydrogen-bond donors (Lipinski definition) is 2. The smallest absolute Gasteiger partial charge is 0.283 e. The second kappa shape index (κ2) is 8.95. The fourth-order valence-electron chi connectivity index (χ4n) is 2.46. The molecule has 0 unspecified atom stereocenters. The van der Waals surface area contributed by atoms with Crippen LogP contribution in [0.4, 0.5) is 5.13 Å². The van der Waals surface area contributed by atoms with Crippen LogP contribution < -0.4 is 15.9 Å². The molecule has 0 bridgehead atoms. The van der Waals surface area contributed by atoms with Crippen molar-refractivity contribution in [1.29, 1.82) is 0 Å². The van der Waals surface area contributed by atoms with Crippen molar-refractivity contribution in [2.75, 3.05) is 12.3 Å². The van der Waals surface area contributed by atoms with E-state index in [1.54, 1.807) is 13.1 Å². The Morgan fingerprint density at radius 3 is 2.81 bits per heavy atom. The summed E-state index contributed by atoms with van der Waals surface area (Å²) in [5.41, 5.74) is 10.8. The molecular formula is C20H20N4O2S. The van der Waals surface area contributed by atoms with Gasteiger partial charge in [-0.25, -0.2) is 10.4 Å². The van der Waals surface area contributed by atoms with E-state index in [2.05, 4.69) is 27.6 Å². The first-order valence-corrected chi connectivity index (χ1v) is 9.26. The number of aryl methyl sites for hydroxylation is 1. The molecule has 1 amide bonds. The Morgan fingerprint density at radius 2 is 2.07 bits per heavy atom. The first-order chi connectivity index (χ1) is 13.1. The van der Waals surface area contributed by atoms with Crippen LogP contribution in [-0.4, -0.2) is 23.7 Å². The number of ether oxygens (including phenoxy) is 1. The number of carbonyl (C=O) groups excluding carboxylic acids is 1. The van der Waals surface area contributed by atoms with Crippen LogP contribution in [0.2, 0.25) is 0 Å². The third-order valence-electron chi connectivity index (χ3n) is 3.76. The highest BCUT2D eigenvalue weighted by atomic mass is 32.1. The molecule has 138 valence electrons. The lowest BCUT2D eigenvalue weighted by molar-refractivity contribution is 0.0958. The van der Waals surface area contributed by atoms with Crippen LogP contribution >= 0.6 is 11.3 Å². The van der Waals surface area contributed by atoms with Gasteiger partial charge in [0.1, 0.15) is 10.6 Å². The largest absolute Gasteiger partial charge is 0.493 e. The van der Waals surface area contributed by atoms with Crippen LogP contribution in [0.15, 0.2) is 59.7 Å². The van der Waals surface area contributed by atoms with Gasteiger partial charge in [0, 0.05) is 6.42 Å². The molecule has 0 aliphatic carbocycles. The minimum atomic E-state index is -0.326. The minimum absolute atomic E-state index is 0.326. The normalized spacial score (nSPS) is 10.9. The number of hydrazone groups is 1. The summed E-state index contributed by atoms with van der Waals surface area (Å²) in [6, 6.07) is 17.7. The number of nitrogens with two attached hydrogens (primary N) is 1. The number of hydrogen-bond acceptors (Lipinski definition) is 6. The van der Waals surface area contributed by atoms with Crippen molar-refractivity contribution < 1.29 is 9.53 Å². The number of thiazole rings is 1. The quantitative estimate of drug-likeness (QED) is 0.485. The number of rotatable bonds is 7. The van der Waals surface area contributed by atoms with E-state index in [0.29, 0.717) is 22.3 Å². The molecule has 3 N–H and O–H groups in total. The summed E-state index contributed by atoms with van der Waals surface area (Å²) in [6.07, 6.45) is 2.41. The Kier molecular flexibility index (Phi) is 6.17. The van der Waals surface area contributed by atoms with Crippen LogP contribution in [0.25, 0.3) is 0 Å². The highest BCUT2D eigenvalue weighted by Crippen LogP contribution is 2.19. The Balaban J connectivity index is 1.53. The lowest BCUT2D eigenvalue weighted by Crippen LogP contribution is -2.17. The summed E-state index contributed by atoms with van der Waals surface area (Å²) in [7, 11) is 0. The van der Waals surface area contributed by atoms with Crippen molar-refractivity contribution in [3.05, 3.63) is 76.3 Å². The first-order valence-electron chi connectivity index (χ1n) is 8.45. The predicted octanol–water partition coefficient (Wildman–Crippen LogP) is 3.42. The van der Waals surface area contributed by atoms with Gasteiger partial charge in [-0.2, -0.15) is 5.10 Å². The second-order valence-corrected chi connectivity index (χ2v) is 6.85. The standard InChI is InChI=1S/C20H20N4O2S/c1-14-18(27-20(21)23-14)19(25)24-22-13-16-8-5-9-17(12-16)26-11-10-15-6-3-2-4-7-15/h2-9,12-13H,10-11H2,1H3,(H2,21,23)(H,24,25). The van der Waals surface area contributed by atoms with E-state index in [1.807, 2.05) is 42.5 Å². The molecule has 0 saturated heterocycles. The molecule has 1 heterocycles. The molecule has 27 heavy (non-hydrogen) atoms. The van der Waals surface area contributed by atoms with E-state index in [4.69, 9.17) is 10.5 Å². The van der Waals surface area contributed by atoms with Gasteiger partial charge in [-0.1, -0.05) is 53.8 Å². The number of amides is 1. The molecule has 7 heteroatoms. The summed E-state index contributed by atoms with van der Waals surface area (Å²) in [5.74, 6) is 0.431. The van der Waals surface area contributed by atoms with Crippen molar-refractivity contribution >= 4 is 28.6 Å². The lowest BCUT2D eigenvalue weighted by Gasteiger charge is -2.07. The fraction of sp³-hybridized carbons (Fsp3) is 0.150. The van der Waals surface area contributed by atoms with E-state index < -0.39 is 0 Å². The SMILES string of the molecule is Cc1nc(N)sc1C(=O)NN=Cc1cccc(OCCc2ccccc2)c1. The van der Waals surface area contributed by atoms with Gasteiger partial charge in [0.05, 0.1) is 18.5 Å². The number of nitrogens with zero attached hydrogens (tertiary/aromatic N) is 2. The zero-order valence-corrected chi connectivity index (χ0v) is 15.7. The molecule has 3 rings (SSSR count). The summed E-state index contributed by atoms with van der Waals surface area (Å²) in [6.45, 7) is 2.33. The van der Waals surface area contributed by atoms with E-state index in [9.17, 15) is 4.79 Å². The Morgan fingerprint density at radius 1 is 1.26 bits per heavy atom. The van der Waals surface area contributed by atoms with Crippen molar-refractivity contribution in [2.24, 2.45) is 5.10 Å². The van der Waals surface area contributed by atoms with Gasteiger partial charge in [-0.15, -0.1) is 0 Å². The van der Waals surface area contributed by atoms with Gasteiger partial charge in [0.2, 0.25) is 0 Å². The molecule has 0 aliphatic rings. The maximum atomic E-state index is 12.1. The van der Waals surface area contributed by atoms with Gasteiger partial charge < -0.3 is 10.5 Å². The molecule has 1 aromatic heterocycles. The second-order valence-electron chi connectivity index (χ2n) is 5.82. The highest BCUT2D eigenvalue weighted by Gasteiger charge is 2.13. The summed E-state index contributed by atoms with van der Waals surface area (Å²) >= 11 is 1.14. The van der Waals surface area contributed by atoms with Crippen molar-refractivity contribution in [3.63, 3.8) is 0 Å². The molecular weight excluding hydrogens is 360 g/mol. The molecule has 6 nitrogen and oxygen atoms in total. The Bertz CT molecular complexity index is 938. The predicted molar refractivity (Wildman–Crippen MR) is 108 cm³/mol. The maximum absolute atomic E-state index is 12.1. The van der Waals surface area contributed by atoms with Crippen LogP contribution in [-0.2, 0) is 6.42 Å². The van der Waals surface area contributed by atoms with Gasteiger partial charge in [-0.3, -0.25) is 4.79 Å². The van der Waals surface area contributed by atoms with Crippen molar-refractivity contribution in [3.8, 4) is 5.75 Å². The number of nitrogens with one attached hydrogen (secondary N) is 1. The average Bonchev–Trinajstić information content (AvgIpc) is 3.01. The van der Waals surface area contributed by atoms with Crippen LogP contribution in [0.1, 0.15) is 26.5 Å². The monoisotopic (exact) mass is 380 g/mol. The molecule has 2 aromatic carbocycles. The van der Waals surface area contributed by atoms with E-state index in [1.165, 1.54) is 5.56 Å². The number of carbonyl (C=O) groups is 1. The fourth-order valence-corrected chi connectivity index (χ4v) is 3.18. The number of anilines is 1. The molecule has 0 aliphatic heterocycles. The molecule has 0 saturated carbocycles. The van der Waals surface area contributed by atoms with Gasteiger partial charge in [-0.05, 0) is 30.2 Å². The summed E-state index contributed by atoms with van der Waals surface area (Å²) in [4.78, 5) is 16.6. The number of nitrogen functional groups attached to an aromatic ring is 1. The summed E-state index contributed by atoms with van der Waals surface area (Å²) < 4.78 is 5.80. The third-order valence-corrected chi connectivity index (χ3v) is 4.74. The van der Waals surface area contributed by atoms with E-state index >= 15 is 0 Å². The molecule has 0 fully saturated rings. The van der Waals surface area contributed by atoms with Gasteiger partial charge in [0.25, 0.3) is 5.91 Å². The molecule has 0 radical (unpaired) electrons. The van der Waals surface area contributed by atoms with Crippen LogP contribution in [0, 0.1) is 6.92 Å². The maximum Gasteiger partial charge on any atom is 0.283 e. The van der Waals surface area contributed by atoms with E-state index in [-0.39, 0.29) is 5.91 Å². The first kappa shape index (κ1) is 18.6. The van der Waals surface area contributed by atoms with Crippen LogP contribution in [0.5, 0.6) is 5.75 Å². The molecule has 0 atom stereocenters. The molecule has 0 spiro atoms. The Labute approximate surface area is 161 Å².